The number of anilines is 1. The number of hydrogen-bond donors (Lipinski definition) is 1. The van der Waals surface area contributed by atoms with Gasteiger partial charge in [0.25, 0.3) is 0 Å². The maximum atomic E-state index is 12.8. The van der Waals surface area contributed by atoms with E-state index in [1.54, 1.807) is 0 Å². The van der Waals surface area contributed by atoms with Crippen molar-refractivity contribution in [1.29, 1.82) is 0 Å². The summed E-state index contributed by atoms with van der Waals surface area (Å²) in [5.41, 5.74) is -1.24. The Hall–Kier alpha value is -2.32. The number of carbonyl (C=O) groups is 2. The lowest BCUT2D eigenvalue weighted by Crippen LogP contribution is -2.43. The molecule has 0 radical (unpaired) electrons. The number of piperidine rings is 1. The Morgan fingerprint density at radius 3 is 2.54 bits per heavy atom. The number of likely N-dealkylation sites (tertiary alicyclic amines) is 1. The second kappa shape index (κ2) is 5.64. The minimum atomic E-state index is -4.50. The summed E-state index contributed by atoms with van der Waals surface area (Å²) < 4.78 is 38.5. The quantitative estimate of drug-likeness (QED) is 0.851. The van der Waals surface area contributed by atoms with Crippen LogP contribution in [0.25, 0.3) is 0 Å². The molecule has 1 N–H and O–H groups in total. The van der Waals surface area contributed by atoms with E-state index >= 15 is 0 Å². The maximum absolute atomic E-state index is 12.8. The van der Waals surface area contributed by atoms with Crippen molar-refractivity contribution in [3.05, 3.63) is 23.9 Å². The second-order valence-corrected chi connectivity index (χ2v) is 6.33. The lowest BCUT2D eigenvalue weighted by atomic mass is 9.78. The van der Waals surface area contributed by atoms with Crippen LogP contribution in [0.5, 0.6) is 0 Å². The number of halogens is 3. The Morgan fingerprint density at radius 1 is 1.29 bits per heavy atom. The minimum Gasteiger partial charge on any atom is -0.465 e. The fourth-order valence-corrected chi connectivity index (χ4v) is 3.35. The lowest BCUT2D eigenvalue weighted by molar-refractivity contribution is -0.137. The first-order valence-corrected chi connectivity index (χ1v) is 7.52. The van der Waals surface area contributed by atoms with Crippen molar-refractivity contribution in [3.8, 4) is 0 Å². The van der Waals surface area contributed by atoms with Gasteiger partial charge >= 0.3 is 12.3 Å². The summed E-state index contributed by atoms with van der Waals surface area (Å²) in [6, 6.07) is 1.74. The highest BCUT2D eigenvalue weighted by Crippen LogP contribution is 2.42. The van der Waals surface area contributed by atoms with Crippen molar-refractivity contribution < 1.29 is 27.9 Å². The third-order valence-corrected chi connectivity index (χ3v) is 4.76. The van der Waals surface area contributed by atoms with E-state index in [0.29, 0.717) is 25.9 Å². The zero-order chi connectivity index (χ0) is 17.5. The van der Waals surface area contributed by atoms with Gasteiger partial charge in [0.2, 0.25) is 5.91 Å². The maximum Gasteiger partial charge on any atom is 0.416 e. The lowest BCUT2D eigenvalue weighted by Gasteiger charge is -2.37. The van der Waals surface area contributed by atoms with Crippen molar-refractivity contribution in [2.24, 2.45) is 5.41 Å². The fraction of sp³-hybridized carbons (Fsp3) is 0.533. The van der Waals surface area contributed by atoms with Crippen molar-refractivity contribution in [2.45, 2.75) is 25.4 Å². The van der Waals surface area contributed by atoms with Crippen LogP contribution in [0.3, 0.4) is 0 Å². The number of nitrogens with zero attached hydrogens (tertiary/aromatic N) is 3. The van der Waals surface area contributed by atoms with Crippen LogP contribution in [-0.4, -0.2) is 46.6 Å². The summed E-state index contributed by atoms with van der Waals surface area (Å²) in [5, 5.41) is 8.99. The van der Waals surface area contributed by atoms with Crippen LogP contribution in [0.15, 0.2) is 18.3 Å². The first-order valence-electron chi connectivity index (χ1n) is 7.52. The predicted octanol–water partition coefficient (Wildman–Crippen LogP) is 2.60. The van der Waals surface area contributed by atoms with E-state index < -0.39 is 17.8 Å². The van der Waals surface area contributed by atoms with Gasteiger partial charge in [-0.05, 0) is 25.0 Å². The summed E-state index contributed by atoms with van der Waals surface area (Å²) >= 11 is 0. The van der Waals surface area contributed by atoms with Gasteiger partial charge in [0.05, 0.1) is 5.56 Å². The van der Waals surface area contributed by atoms with E-state index in [1.165, 1.54) is 9.80 Å². The fourth-order valence-electron chi connectivity index (χ4n) is 3.35. The predicted molar refractivity (Wildman–Crippen MR) is 77.5 cm³/mol. The van der Waals surface area contributed by atoms with Crippen LogP contribution in [0.1, 0.15) is 24.8 Å². The van der Waals surface area contributed by atoms with Gasteiger partial charge in [0, 0.05) is 37.7 Å². The number of pyridine rings is 1. The number of aromatic nitrogens is 1. The normalized spacial score (nSPS) is 20.7. The monoisotopic (exact) mass is 343 g/mol. The van der Waals surface area contributed by atoms with Gasteiger partial charge in [0.15, 0.2) is 0 Å². The van der Waals surface area contributed by atoms with E-state index in [4.69, 9.17) is 5.11 Å². The molecule has 2 aliphatic rings. The van der Waals surface area contributed by atoms with Crippen LogP contribution in [0, 0.1) is 5.41 Å². The molecule has 0 bridgehead atoms. The highest BCUT2D eigenvalue weighted by atomic mass is 19.4. The third kappa shape index (κ3) is 3.02. The van der Waals surface area contributed by atoms with Crippen LogP contribution in [0.2, 0.25) is 0 Å². The molecule has 0 atom stereocenters. The van der Waals surface area contributed by atoms with E-state index in [0.717, 1.165) is 18.3 Å². The molecule has 2 amide bonds. The molecule has 0 aliphatic carbocycles. The molecule has 3 rings (SSSR count). The van der Waals surface area contributed by atoms with Gasteiger partial charge < -0.3 is 10.0 Å². The minimum absolute atomic E-state index is 0.00707. The topological polar surface area (TPSA) is 73.7 Å². The van der Waals surface area contributed by atoms with Crippen LogP contribution < -0.4 is 4.90 Å². The van der Waals surface area contributed by atoms with Gasteiger partial charge in [-0.1, -0.05) is 0 Å². The molecular weight excluding hydrogens is 327 g/mol. The molecule has 130 valence electrons. The van der Waals surface area contributed by atoms with Gasteiger partial charge in [-0.25, -0.2) is 9.78 Å². The molecule has 2 saturated heterocycles. The molecule has 1 spiro atoms. The number of alkyl halides is 3. The molecule has 0 unspecified atom stereocenters. The average molecular weight is 343 g/mol. The Kier molecular flexibility index (Phi) is 3.89. The molecule has 0 aromatic carbocycles. The average Bonchev–Trinajstić information content (AvgIpc) is 2.83. The SMILES string of the molecule is O=C(O)N1CCC2(CC1)CC(=O)N(c1cc(C(F)(F)F)ccn1)C2. The molecular formula is C15H16F3N3O3. The van der Waals surface area contributed by atoms with Gasteiger partial charge in [-0.3, -0.25) is 9.69 Å². The standard InChI is InChI=1S/C15H16F3N3O3/c16-15(17,18)10-1-4-19-11(7-10)21-9-14(8-12(21)22)2-5-20(6-3-14)13(23)24/h1,4,7H,2-3,5-6,8-9H2,(H,23,24). The first-order chi connectivity index (χ1) is 11.2. The number of rotatable bonds is 1. The molecule has 24 heavy (non-hydrogen) atoms. The second-order valence-electron chi connectivity index (χ2n) is 6.33. The summed E-state index contributed by atoms with van der Waals surface area (Å²) in [4.78, 5) is 29.8. The van der Waals surface area contributed by atoms with E-state index in [-0.39, 0.29) is 30.1 Å². The number of carboxylic acid groups (broad SMARTS) is 1. The molecule has 1 aromatic rings. The molecule has 9 heteroatoms. The Morgan fingerprint density at radius 2 is 1.96 bits per heavy atom. The molecule has 6 nitrogen and oxygen atoms in total. The van der Waals surface area contributed by atoms with Gasteiger partial charge in [-0.2, -0.15) is 13.2 Å². The molecule has 1 aromatic heterocycles. The molecule has 2 aliphatic heterocycles. The largest absolute Gasteiger partial charge is 0.465 e. The van der Waals surface area contributed by atoms with Crippen LogP contribution >= 0.6 is 0 Å². The van der Waals surface area contributed by atoms with Crippen LogP contribution in [-0.2, 0) is 11.0 Å². The van der Waals surface area contributed by atoms with Crippen molar-refractivity contribution in [3.63, 3.8) is 0 Å². The smallest absolute Gasteiger partial charge is 0.416 e. The van der Waals surface area contributed by atoms with Crippen molar-refractivity contribution >= 4 is 17.8 Å². The van der Waals surface area contributed by atoms with E-state index in [2.05, 4.69) is 4.98 Å². The summed E-state index contributed by atoms with van der Waals surface area (Å²) in [6.45, 7) is 0.923. The van der Waals surface area contributed by atoms with Crippen LogP contribution in [0.4, 0.5) is 23.8 Å². The number of hydrogen-bond acceptors (Lipinski definition) is 3. The zero-order valence-electron chi connectivity index (χ0n) is 12.7. The molecule has 3 heterocycles. The van der Waals surface area contributed by atoms with E-state index in [1.807, 2.05) is 0 Å². The zero-order valence-corrected chi connectivity index (χ0v) is 12.7. The number of amides is 2. The summed E-state index contributed by atoms with van der Waals surface area (Å²) in [5.74, 6) is -0.280. The number of carbonyl (C=O) groups excluding carboxylic acids is 1. The Balaban J connectivity index is 1.78. The van der Waals surface area contributed by atoms with Crippen molar-refractivity contribution in [1.82, 2.24) is 9.88 Å². The highest BCUT2D eigenvalue weighted by molar-refractivity contribution is 5.95. The van der Waals surface area contributed by atoms with E-state index in [9.17, 15) is 22.8 Å². The van der Waals surface area contributed by atoms with Crippen molar-refractivity contribution in [2.75, 3.05) is 24.5 Å². The molecule has 2 fully saturated rings. The van der Waals surface area contributed by atoms with Gasteiger partial charge in [0.1, 0.15) is 5.82 Å². The summed E-state index contributed by atoms with van der Waals surface area (Å²) in [6.07, 6.45) is -3.21. The molecule has 0 saturated carbocycles. The highest BCUT2D eigenvalue weighted by Gasteiger charge is 2.46. The Bertz CT molecular complexity index is 669. The Labute approximate surface area is 135 Å². The third-order valence-electron chi connectivity index (χ3n) is 4.76. The first kappa shape index (κ1) is 16.5. The summed E-state index contributed by atoms with van der Waals surface area (Å²) in [7, 11) is 0. The van der Waals surface area contributed by atoms with Gasteiger partial charge in [-0.15, -0.1) is 0 Å².